The van der Waals surface area contributed by atoms with Gasteiger partial charge < -0.3 is 9.90 Å². The summed E-state index contributed by atoms with van der Waals surface area (Å²) >= 11 is 0. The van der Waals surface area contributed by atoms with E-state index in [4.69, 9.17) is 0 Å². The lowest BCUT2D eigenvalue weighted by atomic mass is 9.88. The summed E-state index contributed by atoms with van der Waals surface area (Å²) in [6.45, 7) is 7.67. The van der Waals surface area contributed by atoms with Crippen LogP contribution in [0.3, 0.4) is 0 Å². The van der Waals surface area contributed by atoms with Crippen LogP contribution in [0.25, 0.3) is 0 Å². The van der Waals surface area contributed by atoms with E-state index in [1.165, 1.54) is 12.1 Å². The highest BCUT2D eigenvalue weighted by molar-refractivity contribution is 6.15. The smallest absolute Gasteiger partial charge is 0.194 e. The largest absolute Gasteiger partial charge is 0.545 e. The minimum Gasteiger partial charge on any atom is -0.545 e. The van der Waals surface area contributed by atoms with Crippen LogP contribution in [-0.2, 0) is 0 Å². The fourth-order valence-electron chi connectivity index (χ4n) is 2.55. The van der Waals surface area contributed by atoms with Gasteiger partial charge in [0.25, 0.3) is 0 Å². The fourth-order valence-corrected chi connectivity index (χ4v) is 2.55. The molecule has 2 aromatic carbocycles. The van der Waals surface area contributed by atoms with Crippen molar-refractivity contribution in [1.29, 1.82) is 0 Å². The Labute approximate surface area is 124 Å². The minimum absolute atomic E-state index is 0.0690. The lowest BCUT2D eigenvalue weighted by molar-refractivity contribution is -0.255. The topological polar surface area (TPSA) is 57.2 Å². The van der Waals surface area contributed by atoms with Crippen molar-refractivity contribution < 1.29 is 14.7 Å². The number of aromatic carboxylic acids is 1. The normalized spacial score (nSPS) is 10.5. The molecule has 108 valence electrons. The molecular formula is C18H17O3-. The van der Waals surface area contributed by atoms with Gasteiger partial charge in [0.05, 0.1) is 5.97 Å². The van der Waals surface area contributed by atoms with Crippen LogP contribution in [0.1, 0.15) is 48.5 Å². The summed E-state index contributed by atoms with van der Waals surface area (Å²) in [5, 5.41) is 11.2. The predicted octanol–water partition coefficient (Wildman–Crippen LogP) is 2.51. The third-order valence-corrected chi connectivity index (χ3v) is 3.98. The van der Waals surface area contributed by atoms with Gasteiger partial charge in [-0.2, -0.15) is 0 Å². The van der Waals surface area contributed by atoms with Gasteiger partial charge in [-0.1, -0.05) is 30.3 Å². The van der Waals surface area contributed by atoms with Crippen LogP contribution in [0.2, 0.25) is 0 Å². The molecule has 2 aromatic rings. The summed E-state index contributed by atoms with van der Waals surface area (Å²) in [4.78, 5) is 24.0. The molecule has 0 bridgehead atoms. The molecule has 0 unspecified atom stereocenters. The Balaban J connectivity index is 2.70. The van der Waals surface area contributed by atoms with Crippen LogP contribution < -0.4 is 5.11 Å². The fraction of sp³-hybridized carbons (Fsp3) is 0.222. The molecule has 0 saturated heterocycles. The lowest BCUT2D eigenvalue weighted by Gasteiger charge is -2.16. The molecule has 0 radical (unpaired) electrons. The molecule has 3 heteroatoms. The van der Waals surface area contributed by atoms with Gasteiger partial charge in [0.1, 0.15) is 0 Å². The van der Waals surface area contributed by atoms with Gasteiger partial charge in [-0.3, -0.25) is 4.79 Å². The zero-order valence-electron chi connectivity index (χ0n) is 12.6. The Kier molecular flexibility index (Phi) is 3.94. The van der Waals surface area contributed by atoms with Gasteiger partial charge in [0.15, 0.2) is 5.78 Å². The van der Waals surface area contributed by atoms with Crippen molar-refractivity contribution in [1.82, 2.24) is 0 Å². The lowest BCUT2D eigenvalue weighted by Crippen LogP contribution is -2.25. The summed E-state index contributed by atoms with van der Waals surface area (Å²) < 4.78 is 0. The quantitative estimate of drug-likeness (QED) is 0.812. The average Bonchev–Trinajstić information content (AvgIpc) is 2.45. The van der Waals surface area contributed by atoms with E-state index < -0.39 is 5.97 Å². The van der Waals surface area contributed by atoms with Crippen LogP contribution >= 0.6 is 0 Å². The number of carbonyl (C=O) groups excluding carboxylic acids is 2. The van der Waals surface area contributed by atoms with Crippen LogP contribution in [0.4, 0.5) is 0 Å². The molecule has 0 aliphatic heterocycles. The van der Waals surface area contributed by atoms with Gasteiger partial charge in [-0.05, 0) is 49.9 Å². The first-order valence-corrected chi connectivity index (χ1v) is 6.77. The van der Waals surface area contributed by atoms with Crippen LogP contribution in [0, 0.1) is 27.7 Å². The van der Waals surface area contributed by atoms with Gasteiger partial charge in [0.2, 0.25) is 0 Å². The summed E-state index contributed by atoms with van der Waals surface area (Å²) in [6.07, 6.45) is 0. The van der Waals surface area contributed by atoms with E-state index in [0.717, 1.165) is 22.3 Å². The van der Waals surface area contributed by atoms with Gasteiger partial charge in [0, 0.05) is 16.7 Å². The van der Waals surface area contributed by atoms with E-state index in [0.29, 0.717) is 5.56 Å². The van der Waals surface area contributed by atoms with E-state index in [2.05, 4.69) is 0 Å². The average molecular weight is 281 g/mol. The van der Waals surface area contributed by atoms with E-state index in [1.807, 2.05) is 33.8 Å². The number of rotatable bonds is 3. The Morgan fingerprint density at radius 3 is 1.81 bits per heavy atom. The number of hydrogen-bond donors (Lipinski definition) is 0. The molecule has 0 spiro atoms. The molecule has 3 nitrogen and oxygen atoms in total. The molecule has 21 heavy (non-hydrogen) atoms. The zero-order valence-corrected chi connectivity index (χ0v) is 12.6. The number of carbonyl (C=O) groups is 2. The molecule has 0 aliphatic rings. The highest BCUT2D eigenvalue weighted by Crippen LogP contribution is 2.25. The minimum atomic E-state index is -1.33. The Morgan fingerprint density at radius 2 is 1.33 bits per heavy atom. The molecule has 0 aromatic heterocycles. The molecule has 0 fully saturated rings. The third kappa shape index (κ3) is 2.59. The predicted molar refractivity (Wildman–Crippen MR) is 79.6 cm³/mol. The number of carboxylic acids is 1. The first-order chi connectivity index (χ1) is 9.84. The van der Waals surface area contributed by atoms with E-state index in [9.17, 15) is 14.7 Å². The molecular weight excluding hydrogens is 264 g/mol. The number of benzene rings is 2. The maximum atomic E-state index is 12.8. The molecule has 0 heterocycles. The number of ketones is 1. The summed E-state index contributed by atoms with van der Waals surface area (Å²) in [6, 6.07) is 8.21. The van der Waals surface area contributed by atoms with E-state index >= 15 is 0 Å². The summed E-state index contributed by atoms with van der Waals surface area (Å²) in [5.41, 5.74) is 4.50. The highest BCUT2D eigenvalue weighted by Gasteiger charge is 2.19. The van der Waals surface area contributed by atoms with Crippen molar-refractivity contribution in [2.24, 2.45) is 0 Å². The molecule has 2 rings (SSSR count). The molecule has 0 N–H and O–H groups in total. The SMILES string of the molecule is Cc1cc(C)c(C)c(C(=O)c2ccccc2C(=O)[O-])c1C. The first-order valence-electron chi connectivity index (χ1n) is 6.77. The van der Waals surface area contributed by atoms with Gasteiger partial charge >= 0.3 is 0 Å². The number of hydrogen-bond acceptors (Lipinski definition) is 3. The highest BCUT2D eigenvalue weighted by atomic mass is 16.4. The van der Waals surface area contributed by atoms with Crippen molar-refractivity contribution in [3.8, 4) is 0 Å². The van der Waals surface area contributed by atoms with E-state index in [1.54, 1.807) is 12.1 Å². The third-order valence-electron chi connectivity index (χ3n) is 3.98. The second kappa shape index (κ2) is 5.52. The Bertz CT molecular complexity index is 716. The standard InChI is InChI=1S/C18H18O3/c1-10-9-11(2)13(4)16(12(10)3)17(19)14-7-5-6-8-15(14)18(20)21/h5-9H,1-4H3,(H,20,21)/p-1. The monoisotopic (exact) mass is 281 g/mol. The second-order valence-electron chi connectivity index (χ2n) is 5.30. The van der Waals surface area contributed by atoms with Crippen LogP contribution in [0.15, 0.2) is 30.3 Å². The van der Waals surface area contributed by atoms with Crippen molar-refractivity contribution in [2.75, 3.05) is 0 Å². The second-order valence-corrected chi connectivity index (χ2v) is 5.30. The Hall–Kier alpha value is -2.42. The van der Waals surface area contributed by atoms with Gasteiger partial charge in [-0.25, -0.2) is 0 Å². The first kappa shape index (κ1) is 15.0. The van der Waals surface area contributed by atoms with Crippen molar-refractivity contribution in [3.05, 3.63) is 69.3 Å². The Morgan fingerprint density at radius 1 is 0.857 bits per heavy atom. The molecule has 0 aliphatic carbocycles. The van der Waals surface area contributed by atoms with E-state index in [-0.39, 0.29) is 16.9 Å². The maximum absolute atomic E-state index is 12.8. The molecule has 0 atom stereocenters. The van der Waals surface area contributed by atoms with Crippen molar-refractivity contribution in [2.45, 2.75) is 27.7 Å². The van der Waals surface area contributed by atoms with Crippen LogP contribution in [-0.4, -0.2) is 11.8 Å². The van der Waals surface area contributed by atoms with Crippen molar-refractivity contribution >= 4 is 11.8 Å². The maximum Gasteiger partial charge on any atom is 0.194 e. The zero-order chi connectivity index (χ0) is 15.7. The number of aryl methyl sites for hydroxylation is 2. The molecule has 0 amide bonds. The molecule has 0 saturated carbocycles. The summed E-state index contributed by atoms with van der Waals surface area (Å²) in [5.74, 6) is -1.60. The van der Waals surface area contributed by atoms with Gasteiger partial charge in [-0.15, -0.1) is 0 Å². The van der Waals surface area contributed by atoms with Crippen LogP contribution in [0.5, 0.6) is 0 Å². The summed E-state index contributed by atoms with van der Waals surface area (Å²) in [7, 11) is 0. The van der Waals surface area contributed by atoms with Crippen molar-refractivity contribution in [3.63, 3.8) is 0 Å². The number of carboxylic acid groups (broad SMARTS) is 1.